The number of anilines is 2. The molecule has 1 aliphatic carbocycles. The summed E-state index contributed by atoms with van der Waals surface area (Å²) in [6, 6.07) is 12.9. The normalized spacial score (nSPS) is 19.5. The minimum Gasteiger partial charge on any atom is -0.493 e. The lowest BCUT2D eigenvalue weighted by Gasteiger charge is -2.35. The number of Topliss-reactive ketones (excluding diaryl/α,β-unsaturated/α-hetero) is 1. The molecule has 2 aliphatic rings. The van der Waals surface area contributed by atoms with Crippen LogP contribution < -0.4 is 19.7 Å². The van der Waals surface area contributed by atoms with Crippen LogP contribution in [0.3, 0.4) is 0 Å². The fourth-order valence-electron chi connectivity index (χ4n) is 5.01. The molecular weight excluding hydrogens is 489 g/mol. The number of nitrogens with one attached hydrogen (secondary N) is 1. The maximum atomic E-state index is 14.0. The summed E-state index contributed by atoms with van der Waals surface area (Å²) in [5, 5.41) is 3.17. The van der Waals surface area contributed by atoms with Crippen LogP contribution in [0, 0.1) is 0 Å². The summed E-state index contributed by atoms with van der Waals surface area (Å²) in [6.45, 7) is 0. The van der Waals surface area contributed by atoms with Crippen molar-refractivity contribution in [3.63, 3.8) is 0 Å². The Balaban J connectivity index is 1.76. The zero-order valence-corrected chi connectivity index (χ0v) is 20.0. The smallest absolute Gasteiger partial charge is 0.471 e. The average molecular weight is 512 g/mol. The molecule has 37 heavy (non-hydrogen) atoms. The van der Waals surface area contributed by atoms with Crippen LogP contribution in [0.5, 0.6) is 11.5 Å². The van der Waals surface area contributed by atoms with Crippen molar-refractivity contribution in [1.29, 1.82) is 0 Å². The van der Waals surface area contributed by atoms with E-state index in [0.717, 1.165) is 0 Å². The largest absolute Gasteiger partial charge is 0.493 e. The molecule has 1 aliphatic heterocycles. The molecule has 5 rings (SSSR count). The summed E-state index contributed by atoms with van der Waals surface area (Å²) in [5.74, 6) is -1.57. The van der Waals surface area contributed by atoms with Crippen LogP contribution in [0.2, 0.25) is 0 Å². The monoisotopic (exact) mass is 512 g/mol. The van der Waals surface area contributed by atoms with Gasteiger partial charge in [-0.1, -0.05) is 18.2 Å². The lowest BCUT2D eigenvalue weighted by molar-refractivity contribution is -0.170. The molecule has 0 fully saturated rings. The van der Waals surface area contributed by atoms with E-state index in [9.17, 15) is 22.8 Å². The summed E-state index contributed by atoms with van der Waals surface area (Å²) in [4.78, 5) is 27.3. The standard InChI is InChI=1S/C27H23F3N2O5/c1-35-22-10-9-15(14-23(22)36-2)25-24-18(12-16(13-20(24)33)21-8-5-11-37-21)31-17-6-3-4-7-19(17)32(25)26(34)27(28,29)30/h3-11,14,16,25,31H,12-13H2,1-2H3/t16-,25-/m0/s1. The number of carbonyl (C=O) groups is 2. The summed E-state index contributed by atoms with van der Waals surface area (Å²) >= 11 is 0. The maximum Gasteiger partial charge on any atom is 0.471 e. The summed E-state index contributed by atoms with van der Waals surface area (Å²) in [5.41, 5.74) is 1.07. The first-order valence-electron chi connectivity index (χ1n) is 11.5. The van der Waals surface area contributed by atoms with Crippen molar-refractivity contribution in [3.05, 3.63) is 83.5 Å². The van der Waals surface area contributed by atoms with Gasteiger partial charge >= 0.3 is 12.1 Å². The van der Waals surface area contributed by atoms with Crippen LogP contribution >= 0.6 is 0 Å². The second-order valence-corrected chi connectivity index (χ2v) is 8.77. The molecule has 192 valence electrons. The van der Waals surface area contributed by atoms with Crippen LogP contribution in [0.1, 0.15) is 36.1 Å². The Bertz CT molecular complexity index is 1380. The van der Waals surface area contributed by atoms with Crippen molar-refractivity contribution in [2.24, 2.45) is 0 Å². The molecule has 2 atom stereocenters. The zero-order chi connectivity index (χ0) is 26.3. The fourth-order valence-corrected chi connectivity index (χ4v) is 5.01. The van der Waals surface area contributed by atoms with Gasteiger partial charge in [0, 0.05) is 23.6 Å². The number of rotatable bonds is 4. The summed E-state index contributed by atoms with van der Waals surface area (Å²) in [7, 11) is 2.83. The number of amides is 1. The highest BCUT2D eigenvalue weighted by molar-refractivity contribution is 6.07. The number of ether oxygens (including phenoxy) is 2. The predicted molar refractivity (Wildman–Crippen MR) is 129 cm³/mol. The van der Waals surface area contributed by atoms with Gasteiger partial charge in [-0.25, -0.2) is 0 Å². The van der Waals surface area contributed by atoms with Gasteiger partial charge in [0.15, 0.2) is 17.3 Å². The van der Waals surface area contributed by atoms with Crippen molar-refractivity contribution in [2.45, 2.75) is 31.0 Å². The first-order chi connectivity index (χ1) is 17.7. The number of hydrogen-bond acceptors (Lipinski definition) is 6. The molecule has 2 heterocycles. The van der Waals surface area contributed by atoms with Crippen molar-refractivity contribution < 1.29 is 36.7 Å². The molecular formula is C27H23F3N2O5. The number of nitrogens with zero attached hydrogens (tertiary/aromatic N) is 1. The number of hydrogen-bond donors (Lipinski definition) is 1. The van der Waals surface area contributed by atoms with Gasteiger partial charge in [0.05, 0.1) is 37.9 Å². The van der Waals surface area contributed by atoms with E-state index in [4.69, 9.17) is 13.9 Å². The maximum absolute atomic E-state index is 14.0. The van der Waals surface area contributed by atoms with E-state index in [0.29, 0.717) is 28.5 Å². The average Bonchev–Trinajstić information content (AvgIpc) is 3.37. The Morgan fingerprint density at radius 3 is 2.46 bits per heavy atom. The van der Waals surface area contributed by atoms with Crippen LogP contribution in [0.25, 0.3) is 0 Å². The topological polar surface area (TPSA) is 81.0 Å². The van der Waals surface area contributed by atoms with Crippen LogP contribution in [-0.4, -0.2) is 32.1 Å². The van der Waals surface area contributed by atoms with Crippen LogP contribution in [-0.2, 0) is 9.59 Å². The van der Waals surface area contributed by atoms with E-state index in [-0.39, 0.29) is 46.4 Å². The summed E-state index contributed by atoms with van der Waals surface area (Å²) in [6.07, 6.45) is -3.36. The van der Waals surface area contributed by atoms with Crippen molar-refractivity contribution >= 4 is 23.1 Å². The molecule has 3 aromatic rings. The highest BCUT2D eigenvalue weighted by Crippen LogP contribution is 2.49. The van der Waals surface area contributed by atoms with Gasteiger partial charge < -0.3 is 19.2 Å². The number of halogens is 3. The number of ketones is 1. The molecule has 2 aromatic carbocycles. The number of furan rings is 1. The molecule has 0 saturated heterocycles. The number of alkyl halides is 3. The van der Waals surface area contributed by atoms with Crippen molar-refractivity contribution in [2.75, 3.05) is 24.4 Å². The molecule has 1 aromatic heterocycles. The molecule has 1 amide bonds. The number of benzene rings is 2. The number of carbonyl (C=O) groups excluding carboxylic acids is 2. The SMILES string of the molecule is COc1ccc([C@H]2C3=C(C[C@H](c4ccco4)CC3=O)Nc3ccccc3N2C(=O)C(F)(F)F)cc1OC. The number of fused-ring (bicyclic) bond motifs is 1. The Hall–Kier alpha value is -4.21. The van der Waals surface area contributed by atoms with Gasteiger partial charge in [0.2, 0.25) is 0 Å². The molecule has 0 bridgehead atoms. The van der Waals surface area contributed by atoms with E-state index in [1.807, 2.05) is 0 Å². The van der Waals surface area contributed by atoms with E-state index in [1.54, 1.807) is 30.3 Å². The molecule has 0 saturated carbocycles. The minimum atomic E-state index is -5.19. The van der Waals surface area contributed by atoms with Gasteiger partial charge in [-0.15, -0.1) is 0 Å². The highest BCUT2D eigenvalue weighted by atomic mass is 19.4. The van der Waals surface area contributed by atoms with Crippen LogP contribution in [0.4, 0.5) is 24.5 Å². The fraction of sp³-hybridized carbons (Fsp3) is 0.259. The van der Waals surface area contributed by atoms with Gasteiger partial charge in [0.25, 0.3) is 0 Å². The number of methoxy groups -OCH3 is 2. The third-order valence-corrected chi connectivity index (χ3v) is 6.62. The molecule has 0 radical (unpaired) electrons. The van der Waals surface area contributed by atoms with Gasteiger partial charge in [-0.2, -0.15) is 13.2 Å². The van der Waals surface area contributed by atoms with E-state index in [1.165, 1.54) is 44.7 Å². The lowest BCUT2D eigenvalue weighted by atomic mass is 9.80. The van der Waals surface area contributed by atoms with Gasteiger partial charge in [-0.3, -0.25) is 14.5 Å². The van der Waals surface area contributed by atoms with Gasteiger partial charge in [-0.05, 0) is 48.4 Å². The first-order valence-corrected chi connectivity index (χ1v) is 11.5. The Morgan fingerprint density at radius 1 is 1.03 bits per heavy atom. The van der Waals surface area contributed by atoms with Crippen LogP contribution in [0.15, 0.2) is 76.5 Å². The molecule has 1 N–H and O–H groups in total. The zero-order valence-electron chi connectivity index (χ0n) is 20.0. The highest BCUT2D eigenvalue weighted by Gasteiger charge is 2.50. The quantitative estimate of drug-likeness (QED) is 0.479. The van der Waals surface area contributed by atoms with Gasteiger partial charge in [0.1, 0.15) is 5.76 Å². The summed E-state index contributed by atoms with van der Waals surface area (Å²) < 4.78 is 58.2. The number of para-hydroxylation sites is 2. The number of allylic oxidation sites excluding steroid dienone is 1. The Labute approximate surface area is 210 Å². The van der Waals surface area contributed by atoms with E-state index in [2.05, 4.69) is 5.32 Å². The molecule has 10 heteroatoms. The lowest BCUT2D eigenvalue weighted by Crippen LogP contribution is -2.45. The molecule has 7 nitrogen and oxygen atoms in total. The second-order valence-electron chi connectivity index (χ2n) is 8.77. The second kappa shape index (κ2) is 9.34. The Morgan fingerprint density at radius 2 is 1.78 bits per heavy atom. The third kappa shape index (κ3) is 4.32. The predicted octanol–water partition coefficient (Wildman–Crippen LogP) is 5.76. The third-order valence-electron chi connectivity index (χ3n) is 6.62. The minimum absolute atomic E-state index is 0.00126. The first kappa shape index (κ1) is 24.5. The Kier molecular flexibility index (Phi) is 6.18. The molecule has 0 unspecified atom stereocenters. The van der Waals surface area contributed by atoms with E-state index >= 15 is 0 Å². The van der Waals surface area contributed by atoms with Crippen molar-refractivity contribution in [1.82, 2.24) is 0 Å². The van der Waals surface area contributed by atoms with Crippen molar-refractivity contribution in [3.8, 4) is 11.5 Å². The molecule has 0 spiro atoms. The van der Waals surface area contributed by atoms with E-state index < -0.39 is 18.1 Å².